The standard InChI is InChI=1S/C15H17N5O3/c1-9-3-4-12(23-2)11(5-9)20-7-10(6-13(20)21)14(22)18-15-16-8-17-19-15/h3-5,8,10H,6-7H2,1-2H3,(H2,16,17,18,19,22)/t10-/m0/s1. The Balaban J connectivity index is 1.77. The van der Waals surface area contributed by atoms with Crippen molar-refractivity contribution in [1.29, 1.82) is 0 Å². The van der Waals surface area contributed by atoms with E-state index >= 15 is 0 Å². The van der Waals surface area contributed by atoms with E-state index in [4.69, 9.17) is 4.74 Å². The molecule has 23 heavy (non-hydrogen) atoms. The zero-order valence-electron chi connectivity index (χ0n) is 12.9. The van der Waals surface area contributed by atoms with Crippen LogP contribution in [0.1, 0.15) is 12.0 Å². The number of ether oxygens (including phenoxy) is 1. The third-order valence-electron chi connectivity index (χ3n) is 3.78. The van der Waals surface area contributed by atoms with Gasteiger partial charge in [-0.3, -0.25) is 14.9 Å². The van der Waals surface area contributed by atoms with Crippen LogP contribution in [0.15, 0.2) is 24.5 Å². The van der Waals surface area contributed by atoms with Gasteiger partial charge in [-0.1, -0.05) is 6.07 Å². The number of methoxy groups -OCH3 is 1. The summed E-state index contributed by atoms with van der Waals surface area (Å²) in [5.74, 6) is 0.0722. The summed E-state index contributed by atoms with van der Waals surface area (Å²) in [6.45, 7) is 2.25. The van der Waals surface area contributed by atoms with Gasteiger partial charge in [0.15, 0.2) is 0 Å². The van der Waals surface area contributed by atoms with Gasteiger partial charge in [-0.25, -0.2) is 5.10 Å². The maximum atomic E-state index is 12.3. The number of H-pyrrole nitrogens is 1. The highest BCUT2D eigenvalue weighted by atomic mass is 16.5. The molecular weight excluding hydrogens is 298 g/mol. The van der Waals surface area contributed by atoms with Crippen molar-refractivity contribution in [3.8, 4) is 5.75 Å². The highest BCUT2D eigenvalue weighted by Crippen LogP contribution is 2.34. The molecule has 3 rings (SSSR count). The lowest BCUT2D eigenvalue weighted by Crippen LogP contribution is -2.28. The maximum Gasteiger partial charge on any atom is 0.232 e. The molecule has 0 unspecified atom stereocenters. The molecule has 8 nitrogen and oxygen atoms in total. The van der Waals surface area contributed by atoms with E-state index < -0.39 is 5.92 Å². The van der Waals surface area contributed by atoms with Crippen LogP contribution in [0.3, 0.4) is 0 Å². The smallest absolute Gasteiger partial charge is 0.232 e. The number of amides is 2. The van der Waals surface area contributed by atoms with Crippen LogP contribution in [0.2, 0.25) is 0 Å². The second-order valence-electron chi connectivity index (χ2n) is 5.40. The van der Waals surface area contributed by atoms with Gasteiger partial charge in [0.1, 0.15) is 12.1 Å². The average Bonchev–Trinajstić information content (AvgIpc) is 3.16. The number of hydrogen-bond acceptors (Lipinski definition) is 5. The lowest BCUT2D eigenvalue weighted by atomic mass is 10.1. The Kier molecular flexibility index (Phi) is 3.96. The number of carbonyl (C=O) groups is 2. The van der Waals surface area contributed by atoms with E-state index in [0.29, 0.717) is 18.0 Å². The summed E-state index contributed by atoms with van der Waals surface area (Å²) in [5.41, 5.74) is 1.70. The molecule has 120 valence electrons. The molecule has 1 aliphatic rings. The van der Waals surface area contributed by atoms with Crippen LogP contribution in [0.5, 0.6) is 5.75 Å². The second kappa shape index (κ2) is 6.07. The Morgan fingerprint density at radius 3 is 3.00 bits per heavy atom. The average molecular weight is 315 g/mol. The van der Waals surface area contributed by atoms with Crippen molar-refractivity contribution in [2.45, 2.75) is 13.3 Å². The van der Waals surface area contributed by atoms with Crippen LogP contribution in [0, 0.1) is 12.8 Å². The molecule has 2 heterocycles. The molecule has 1 atom stereocenters. The van der Waals surface area contributed by atoms with E-state index in [9.17, 15) is 9.59 Å². The number of aromatic nitrogens is 3. The van der Waals surface area contributed by atoms with Crippen molar-refractivity contribution in [3.05, 3.63) is 30.1 Å². The molecule has 1 aromatic heterocycles. The first-order valence-electron chi connectivity index (χ1n) is 7.19. The van der Waals surface area contributed by atoms with E-state index in [2.05, 4.69) is 20.5 Å². The van der Waals surface area contributed by atoms with Crippen molar-refractivity contribution < 1.29 is 14.3 Å². The summed E-state index contributed by atoms with van der Waals surface area (Å²) >= 11 is 0. The number of nitrogens with zero attached hydrogens (tertiary/aromatic N) is 3. The van der Waals surface area contributed by atoms with Gasteiger partial charge in [0.2, 0.25) is 17.8 Å². The van der Waals surface area contributed by atoms with Crippen molar-refractivity contribution in [2.75, 3.05) is 23.9 Å². The predicted octanol–water partition coefficient (Wildman–Crippen LogP) is 1.11. The monoisotopic (exact) mass is 315 g/mol. The summed E-state index contributed by atoms with van der Waals surface area (Å²) in [4.78, 5) is 30.0. The fourth-order valence-corrected chi connectivity index (χ4v) is 2.61. The summed E-state index contributed by atoms with van der Waals surface area (Å²) < 4.78 is 5.32. The highest BCUT2D eigenvalue weighted by Gasteiger charge is 2.36. The third kappa shape index (κ3) is 3.01. The van der Waals surface area contributed by atoms with E-state index in [1.807, 2.05) is 25.1 Å². The van der Waals surface area contributed by atoms with Gasteiger partial charge in [0.05, 0.1) is 18.7 Å². The largest absolute Gasteiger partial charge is 0.495 e. The van der Waals surface area contributed by atoms with E-state index in [-0.39, 0.29) is 24.2 Å². The Hall–Kier alpha value is -2.90. The molecule has 8 heteroatoms. The fourth-order valence-electron chi connectivity index (χ4n) is 2.61. The molecule has 2 aromatic rings. The predicted molar refractivity (Wildman–Crippen MR) is 83.2 cm³/mol. The van der Waals surface area contributed by atoms with Crippen LogP contribution in [-0.4, -0.2) is 40.7 Å². The molecular formula is C15H17N5O3. The van der Waals surface area contributed by atoms with Crippen LogP contribution < -0.4 is 15.0 Å². The summed E-state index contributed by atoms with van der Waals surface area (Å²) in [5, 5.41) is 8.84. The van der Waals surface area contributed by atoms with Gasteiger partial charge in [-0.15, -0.1) is 0 Å². The lowest BCUT2D eigenvalue weighted by Gasteiger charge is -2.20. The molecule has 1 saturated heterocycles. The Bertz CT molecular complexity index is 729. The number of aromatic amines is 1. The number of rotatable bonds is 4. The van der Waals surface area contributed by atoms with E-state index in [1.54, 1.807) is 12.0 Å². The molecule has 0 aliphatic carbocycles. The fraction of sp³-hybridized carbons (Fsp3) is 0.333. The number of anilines is 2. The molecule has 2 amide bonds. The van der Waals surface area contributed by atoms with Crippen LogP contribution in [-0.2, 0) is 9.59 Å². The molecule has 0 spiro atoms. The number of benzene rings is 1. The third-order valence-corrected chi connectivity index (χ3v) is 3.78. The molecule has 1 fully saturated rings. The van der Waals surface area contributed by atoms with Gasteiger partial charge in [0.25, 0.3) is 0 Å². The van der Waals surface area contributed by atoms with Gasteiger partial charge in [-0.2, -0.15) is 10.1 Å². The van der Waals surface area contributed by atoms with Gasteiger partial charge in [-0.05, 0) is 24.6 Å². The van der Waals surface area contributed by atoms with Crippen molar-refractivity contribution in [3.63, 3.8) is 0 Å². The highest BCUT2D eigenvalue weighted by molar-refractivity contribution is 6.03. The number of aryl methyl sites for hydroxylation is 1. The normalized spacial score (nSPS) is 17.4. The minimum atomic E-state index is -0.446. The first-order chi connectivity index (χ1) is 11.1. The lowest BCUT2D eigenvalue weighted by molar-refractivity contribution is -0.122. The molecule has 1 aliphatic heterocycles. The molecule has 1 aromatic carbocycles. The summed E-state index contributed by atoms with van der Waals surface area (Å²) in [7, 11) is 1.56. The Labute approximate surface area is 132 Å². The molecule has 0 saturated carbocycles. The maximum absolute atomic E-state index is 12.3. The first-order valence-corrected chi connectivity index (χ1v) is 7.19. The topological polar surface area (TPSA) is 100 Å². The second-order valence-corrected chi connectivity index (χ2v) is 5.40. The van der Waals surface area contributed by atoms with Gasteiger partial charge >= 0.3 is 0 Å². The zero-order valence-corrected chi connectivity index (χ0v) is 12.9. The van der Waals surface area contributed by atoms with E-state index in [1.165, 1.54) is 6.33 Å². The van der Waals surface area contributed by atoms with Crippen molar-refractivity contribution in [1.82, 2.24) is 15.2 Å². The number of carbonyl (C=O) groups excluding carboxylic acids is 2. The van der Waals surface area contributed by atoms with Crippen molar-refractivity contribution in [2.24, 2.45) is 5.92 Å². The summed E-state index contributed by atoms with van der Waals surface area (Å²) in [6.07, 6.45) is 1.45. The summed E-state index contributed by atoms with van der Waals surface area (Å²) in [6, 6.07) is 5.62. The first kappa shape index (κ1) is 15.0. The van der Waals surface area contributed by atoms with E-state index in [0.717, 1.165) is 5.56 Å². The molecule has 0 bridgehead atoms. The zero-order chi connectivity index (χ0) is 16.4. The minimum absolute atomic E-state index is 0.105. The SMILES string of the molecule is COc1ccc(C)cc1N1C[C@@H](C(=O)Nc2ncn[nH]2)CC1=O. The molecule has 0 radical (unpaired) electrons. The molecule has 2 N–H and O–H groups in total. The van der Waals surface area contributed by atoms with Gasteiger partial charge in [0, 0.05) is 13.0 Å². The van der Waals surface area contributed by atoms with Crippen molar-refractivity contribution >= 4 is 23.5 Å². The van der Waals surface area contributed by atoms with Crippen LogP contribution in [0.4, 0.5) is 11.6 Å². The van der Waals surface area contributed by atoms with Crippen LogP contribution >= 0.6 is 0 Å². The Morgan fingerprint density at radius 1 is 1.48 bits per heavy atom. The quantitative estimate of drug-likeness (QED) is 0.880. The Morgan fingerprint density at radius 2 is 2.30 bits per heavy atom. The minimum Gasteiger partial charge on any atom is -0.495 e. The van der Waals surface area contributed by atoms with Crippen LogP contribution in [0.25, 0.3) is 0 Å². The number of hydrogen-bond donors (Lipinski definition) is 2. The number of nitrogens with one attached hydrogen (secondary N) is 2. The van der Waals surface area contributed by atoms with Gasteiger partial charge < -0.3 is 9.64 Å².